The molecule has 1 aliphatic rings. The third-order valence-corrected chi connectivity index (χ3v) is 4.57. The summed E-state index contributed by atoms with van der Waals surface area (Å²) < 4.78 is 0. The molecule has 0 bridgehead atoms. The molecule has 1 saturated carbocycles. The Bertz CT molecular complexity index is 301. The highest BCUT2D eigenvalue weighted by atomic mass is 32.1. The SMILES string of the molecule is CCc1ccc(C(C)NCCC2CC2)s1. The molecule has 0 amide bonds. The molecule has 2 rings (SSSR count). The summed E-state index contributed by atoms with van der Waals surface area (Å²) in [7, 11) is 0. The fourth-order valence-electron chi connectivity index (χ4n) is 1.83. The monoisotopic (exact) mass is 223 g/mol. The van der Waals surface area contributed by atoms with Crippen molar-refractivity contribution < 1.29 is 0 Å². The maximum Gasteiger partial charge on any atom is 0.0386 e. The molecule has 1 N–H and O–H groups in total. The number of rotatable bonds is 6. The Morgan fingerprint density at radius 2 is 2.27 bits per heavy atom. The summed E-state index contributed by atoms with van der Waals surface area (Å²) in [5.74, 6) is 1.04. The van der Waals surface area contributed by atoms with Gasteiger partial charge in [-0.15, -0.1) is 11.3 Å². The fourth-order valence-corrected chi connectivity index (χ4v) is 2.81. The van der Waals surface area contributed by atoms with Crippen molar-refractivity contribution >= 4 is 11.3 Å². The van der Waals surface area contributed by atoms with Crippen molar-refractivity contribution in [2.24, 2.45) is 5.92 Å². The van der Waals surface area contributed by atoms with Crippen LogP contribution in [0.5, 0.6) is 0 Å². The minimum atomic E-state index is 0.536. The van der Waals surface area contributed by atoms with E-state index in [-0.39, 0.29) is 0 Å². The van der Waals surface area contributed by atoms with Gasteiger partial charge < -0.3 is 5.32 Å². The second-order valence-corrected chi connectivity index (χ2v) is 5.77. The Kier molecular flexibility index (Phi) is 3.81. The Balaban J connectivity index is 1.75. The van der Waals surface area contributed by atoms with Gasteiger partial charge in [0.1, 0.15) is 0 Å². The molecular formula is C13H21NS. The first-order valence-corrected chi connectivity index (χ1v) is 6.93. The first kappa shape index (κ1) is 11.2. The molecule has 0 spiro atoms. The zero-order valence-electron chi connectivity index (χ0n) is 9.75. The van der Waals surface area contributed by atoms with Gasteiger partial charge >= 0.3 is 0 Å². The Morgan fingerprint density at radius 3 is 2.87 bits per heavy atom. The van der Waals surface area contributed by atoms with Crippen LogP contribution in [0.15, 0.2) is 12.1 Å². The van der Waals surface area contributed by atoms with Crippen LogP contribution < -0.4 is 5.32 Å². The number of hydrogen-bond donors (Lipinski definition) is 1. The molecule has 1 aliphatic carbocycles. The number of nitrogens with one attached hydrogen (secondary N) is 1. The summed E-state index contributed by atoms with van der Waals surface area (Å²) in [5.41, 5.74) is 0. The first-order chi connectivity index (χ1) is 7.29. The van der Waals surface area contributed by atoms with Crippen molar-refractivity contribution in [3.05, 3.63) is 21.9 Å². The van der Waals surface area contributed by atoms with Crippen LogP contribution in [0.25, 0.3) is 0 Å². The highest BCUT2D eigenvalue weighted by molar-refractivity contribution is 7.12. The van der Waals surface area contributed by atoms with Crippen LogP contribution in [0.1, 0.15) is 48.9 Å². The summed E-state index contributed by atoms with van der Waals surface area (Å²) in [6.07, 6.45) is 5.47. The highest BCUT2D eigenvalue weighted by Crippen LogP contribution is 2.32. The second kappa shape index (κ2) is 5.13. The maximum atomic E-state index is 3.62. The summed E-state index contributed by atoms with van der Waals surface area (Å²) in [4.78, 5) is 2.99. The molecule has 1 aromatic heterocycles. The summed E-state index contributed by atoms with van der Waals surface area (Å²) in [5, 5.41) is 3.62. The molecule has 2 heteroatoms. The minimum Gasteiger partial charge on any atom is -0.309 e. The summed E-state index contributed by atoms with van der Waals surface area (Å²) in [6, 6.07) is 5.08. The molecule has 1 heterocycles. The molecule has 0 aliphatic heterocycles. The van der Waals surface area contributed by atoms with E-state index in [1.54, 1.807) is 0 Å². The molecule has 0 radical (unpaired) electrons. The Hall–Kier alpha value is -0.340. The standard InChI is InChI=1S/C13H21NS/c1-3-12-6-7-13(15-12)10(2)14-9-8-11-4-5-11/h6-7,10-11,14H,3-5,8-9H2,1-2H3. The van der Waals surface area contributed by atoms with Crippen molar-refractivity contribution in [1.29, 1.82) is 0 Å². The van der Waals surface area contributed by atoms with E-state index < -0.39 is 0 Å². The molecule has 1 fully saturated rings. The lowest BCUT2D eigenvalue weighted by molar-refractivity contribution is 0.545. The molecule has 15 heavy (non-hydrogen) atoms. The van der Waals surface area contributed by atoms with Crippen LogP contribution in [0.2, 0.25) is 0 Å². The van der Waals surface area contributed by atoms with Crippen LogP contribution in [0.3, 0.4) is 0 Å². The topological polar surface area (TPSA) is 12.0 Å². The van der Waals surface area contributed by atoms with Gasteiger partial charge in [0.15, 0.2) is 0 Å². The van der Waals surface area contributed by atoms with E-state index >= 15 is 0 Å². The predicted octanol–water partition coefficient (Wildman–Crippen LogP) is 3.76. The van der Waals surface area contributed by atoms with Crippen molar-refractivity contribution in [2.75, 3.05) is 6.54 Å². The smallest absolute Gasteiger partial charge is 0.0386 e. The number of hydrogen-bond acceptors (Lipinski definition) is 2. The molecular weight excluding hydrogens is 202 g/mol. The van der Waals surface area contributed by atoms with E-state index in [0.717, 1.165) is 5.92 Å². The van der Waals surface area contributed by atoms with Gasteiger partial charge in [-0.25, -0.2) is 0 Å². The van der Waals surface area contributed by atoms with Crippen LogP contribution in [0.4, 0.5) is 0 Å². The third kappa shape index (κ3) is 3.32. The second-order valence-electron chi connectivity index (χ2n) is 4.57. The van der Waals surface area contributed by atoms with Crippen LogP contribution in [0, 0.1) is 5.92 Å². The van der Waals surface area contributed by atoms with Crippen molar-refractivity contribution in [1.82, 2.24) is 5.32 Å². The third-order valence-electron chi connectivity index (χ3n) is 3.16. The first-order valence-electron chi connectivity index (χ1n) is 6.11. The van der Waals surface area contributed by atoms with E-state index in [1.165, 1.54) is 42.0 Å². The Labute approximate surface area is 96.9 Å². The van der Waals surface area contributed by atoms with Gasteiger partial charge in [-0.05, 0) is 44.4 Å². The highest BCUT2D eigenvalue weighted by Gasteiger charge is 2.20. The van der Waals surface area contributed by atoms with Crippen LogP contribution in [-0.4, -0.2) is 6.54 Å². The van der Waals surface area contributed by atoms with Gasteiger partial charge in [0.05, 0.1) is 0 Å². The van der Waals surface area contributed by atoms with E-state index in [1.807, 2.05) is 11.3 Å². The lowest BCUT2D eigenvalue weighted by Gasteiger charge is -2.11. The van der Waals surface area contributed by atoms with Crippen LogP contribution >= 0.6 is 11.3 Å². The van der Waals surface area contributed by atoms with E-state index in [0.29, 0.717) is 6.04 Å². The van der Waals surface area contributed by atoms with Crippen LogP contribution in [-0.2, 0) is 6.42 Å². The molecule has 84 valence electrons. The lowest BCUT2D eigenvalue weighted by atomic mass is 10.2. The summed E-state index contributed by atoms with van der Waals surface area (Å²) in [6.45, 7) is 5.68. The van der Waals surface area contributed by atoms with Crippen molar-refractivity contribution in [2.45, 2.75) is 45.6 Å². The minimum absolute atomic E-state index is 0.536. The van der Waals surface area contributed by atoms with E-state index in [2.05, 4.69) is 31.3 Å². The van der Waals surface area contributed by atoms with Gasteiger partial charge in [-0.1, -0.05) is 19.8 Å². The zero-order valence-corrected chi connectivity index (χ0v) is 10.6. The molecule has 1 unspecified atom stereocenters. The molecule has 1 nitrogen and oxygen atoms in total. The van der Waals surface area contributed by atoms with Crippen molar-refractivity contribution in [3.8, 4) is 0 Å². The van der Waals surface area contributed by atoms with Gasteiger partial charge in [0.2, 0.25) is 0 Å². The molecule has 1 aromatic rings. The average Bonchev–Trinajstić information content (AvgIpc) is 2.94. The van der Waals surface area contributed by atoms with Gasteiger partial charge in [-0.3, -0.25) is 0 Å². The Morgan fingerprint density at radius 1 is 1.47 bits per heavy atom. The van der Waals surface area contributed by atoms with E-state index in [9.17, 15) is 0 Å². The summed E-state index contributed by atoms with van der Waals surface area (Å²) >= 11 is 1.95. The predicted molar refractivity (Wildman–Crippen MR) is 67.5 cm³/mol. The normalized spacial score (nSPS) is 18.0. The fraction of sp³-hybridized carbons (Fsp3) is 0.692. The molecule has 1 atom stereocenters. The maximum absolute atomic E-state index is 3.62. The molecule has 0 saturated heterocycles. The molecule has 0 aromatic carbocycles. The average molecular weight is 223 g/mol. The van der Waals surface area contributed by atoms with Crippen molar-refractivity contribution in [3.63, 3.8) is 0 Å². The van der Waals surface area contributed by atoms with Gasteiger partial charge in [0.25, 0.3) is 0 Å². The van der Waals surface area contributed by atoms with E-state index in [4.69, 9.17) is 0 Å². The zero-order chi connectivity index (χ0) is 10.7. The van der Waals surface area contributed by atoms with Gasteiger partial charge in [-0.2, -0.15) is 0 Å². The lowest BCUT2D eigenvalue weighted by Crippen LogP contribution is -2.19. The number of thiophene rings is 1. The quantitative estimate of drug-likeness (QED) is 0.774. The number of aryl methyl sites for hydroxylation is 1. The van der Waals surface area contributed by atoms with Gasteiger partial charge in [0, 0.05) is 15.8 Å². The largest absolute Gasteiger partial charge is 0.309 e.